The van der Waals surface area contributed by atoms with Crippen LogP contribution in [0.25, 0.3) is 0 Å². The van der Waals surface area contributed by atoms with Gasteiger partial charge in [-0.1, -0.05) is 13.0 Å². The summed E-state index contributed by atoms with van der Waals surface area (Å²) in [6.45, 7) is 5.61. The Morgan fingerprint density at radius 1 is 1.22 bits per heavy atom. The topological polar surface area (TPSA) is 30.5 Å². The Morgan fingerprint density at radius 2 is 1.89 bits per heavy atom. The Balaban J connectivity index is 2.02. The third-order valence-corrected chi connectivity index (χ3v) is 3.85. The summed E-state index contributed by atoms with van der Waals surface area (Å²) in [5.74, 6) is 1.57. The fourth-order valence-corrected chi connectivity index (χ4v) is 2.03. The molecule has 100 valence electrons. The second-order valence-corrected chi connectivity index (χ2v) is 5.53. The van der Waals surface area contributed by atoms with Gasteiger partial charge in [0.15, 0.2) is 11.5 Å². The average Bonchev–Trinajstić information content (AvgIpc) is 3.13. The van der Waals surface area contributed by atoms with Crippen LogP contribution in [0, 0.1) is 5.41 Å². The molecular formula is C15H23NO2. The van der Waals surface area contributed by atoms with E-state index in [2.05, 4.69) is 25.2 Å². The summed E-state index contributed by atoms with van der Waals surface area (Å²) in [7, 11) is 3.33. The molecule has 1 aromatic rings. The van der Waals surface area contributed by atoms with Crippen LogP contribution in [0.3, 0.4) is 0 Å². The molecule has 3 nitrogen and oxygen atoms in total. The fourth-order valence-electron chi connectivity index (χ4n) is 2.03. The van der Waals surface area contributed by atoms with Crippen LogP contribution in [-0.4, -0.2) is 20.8 Å². The van der Waals surface area contributed by atoms with Gasteiger partial charge in [0.1, 0.15) is 0 Å². The van der Waals surface area contributed by atoms with Crippen molar-refractivity contribution in [1.29, 1.82) is 0 Å². The Kier molecular flexibility index (Phi) is 3.81. The van der Waals surface area contributed by atoms with Gasteiger partial charge in [-0.15, -0.1) is 0 Å². The highest BCUT2D eigenvalue weighted by Crippen LogP contribution is 2.44. The molecule has 0 heterocycles. The maximum Gasteiger partial charge on any atom is 0.161 e. The summed E-state index contributed by atoms with van der Waals surface area (Å²) >= 11 is 0. The van der Waals surface area contributed by atoms with Crippen LogP contribution in [0.4, 0.5) is 0 Å². The number of hydrogen-bond donors (Lipinski definition) is 1. The van der Waals surface area contributed by atoms with Gasteiger partial charge < -0.3 is 14.8 Å². The Hall–Kier alpha value is -1.22. The average molecular weight is 249 g/mol. The van der Waals surface area contributed by atoms with E-state index in [1.54, 1.807) is 14.2 Å². The van der Waals surface area contributed by atoms with Crippen molar-refractivity contribution in [2.24, 2.45) is 5.41 Å². The van der Waals surface area contributed by atoms with E-state index in [9.17, 15) is 0 Å². The molecule has 0 aromatic heterocycles. The van der Waals surface area contributed by atoms with Crippen molar-refractivity contribution in [2.75, 3.05) is 20.8 Å². The molecule has 0 spiro atoms. The van der Waals surface area contributed by atoms with Gasteiger partial charge in [-0.25, -0.2) is 0 Å². The van der Waals surface area contributed by atoms with Crippen molar-refractivity contribution in [3.05, 3.63) is 23.8 Å². The Labute approximate surface area is 109 Å². The van der Waals surface area contributed by atoms with E-state index < -0.39 is 0 Å². The number of benzene rings is 1. The van der Waals surface area contributed by atoms with E-state index in [0.29, 0.717) is 11.5 Å². The first-order valence-electron chi connectivity index (χ1n) is 6.53. The zero-order valence-electron chi connectivity index (χ0n) is 11.7. The SMILES string of the molecule is COc1ccc(C(C)NCC2(C)CC2)cc1OC. The number of rotatable bonds is 6. The molecule has 1 fully saturated rings. The number of methoxy groups -OCH3 is 2. The molecule has 1 aliphatic carbocycles. The molecule has 1 saturated carbocycles. The Bertz CT molecular complexity index is 413. The van der Waals surface area contributed by atoms with Crippen LogP contribution in [-0.2, 0) is 0 Å². The van der Waals surface area contributed by atoms with Gasteiger partial charge in [0.05, 0.1) is 14.2 Å². The maximum atomic E-state index is 5.33. The minimum absolute atomic E-state index is 0.335. The lowest BCUT2D eigenvalue weighted by molar-refractivity contribution is 0.353. The lowest BCUT2D eigenvalue weighted by Crippen LogP contribution is -2.25. The predicted molar refractivity (Wildman–Crippen MR) is 73.3 cm³/mol. The summed E-state index contributed by atoms with van der Waals surface area (Å²) in [5.41, 5.74) is 1.77. The summed E-state index contributed by atoms with van der Waals surface area (Å²) < 4.78 is 10.6. The molecule has 2 rings (SSSR count). The molecule has 0 radical (unpaired) electrons. The Morgan fingerprint density at radius 3 is 2.44 bits per heavy atom. The first kappa shape index (κ1) is 13.2. The molecule has 0 bridgehead atoms. The molecule has 3 heteroatoms. The van der Waals surface area contributed by atoms with Crippen molar-refractivity contribution < 1.29 is 9.47 Å². The van der Waals surface area contributed by atoms with E-state index in [1.165, 1.54) is 18.4 Å². The molecule has 1 atom stereocenters. The highest BCUT2D eigenvalue weighted by atomic mass is 16.5. The van der Waals surface area contributed by atoms with Gasteiger partial charge in [0.2, 0.25) is 0 Å². The van der Waals surface area contributed by atoms with Gasteiger partial charge in [-0.3, -0.25) is 0 Å². The standard InChI is InChI=1S/C15H23NO2/c1-11(16-10-15(2)7-8-15)12-5-6-13(17-3)14(9-12)18-4/h5-6,9,11,16H,7-8,10H2,1-4H3. The molecule has 1 N–H and O–H groups in total. The van der Waals surface area contributed by atoms with Gasteiger partial charge in [0, 0.05) is 12.6 Å². The summed E-state index contributed by atoms with van der Waals surface area (Å²) in [4.78, 5) is 0. The van der Waals surface area contributed by atoms with Crippen LogP contribution >= 0.6 is 0 Å². The lowest BCUT2D eigenvalue weighted by atomic mass is 10.1. The second kappa shape index (κ2) is 5.19. The quantitative estimate of drug-likeness (QED) is 0.840. The maximum absolute atomic E-state index is 5.33. The zero-order valence-corrected chi connectivity index (χ0v) is 11.7. The van der Waals surface area contributed by atoms with Crippen LogP contribution in [0.1, 0.15) is 38.3 Å². The third-order valence-electron chi connectivity index (χ3n) is 3.85. The van der Waals surface area contributed by atoms with Crippen molar-refractivity contribution >= 4 is 0 Å². The van der Waals surface area contributed by atoms with E-state index in [1.807, 2.05) is 12.1 Å². The van der Waals surface area contributed by atoms with E-state index in [4.69, 9.17) is 9.47 Å². The number of nitrogens with one attached hydrogen (secondary N) is 1. The second-order valence-electron chi connectivity index (χ2n) is 5.53. The van der Waals surface area contributed by atoms with Gasteiger partial charge in [-0.05, 0) is 42.9 Å². The molecule has 0 amide bonds. The van der Waals surface area contributed by atoms with Gasteiger partial charge in [-0.2, -0.15) is 0 Å². The van der Waals surface area contributed by atoms with E-state index in [0.717, 1.165) is 18.0 Å². The predicted octanol–water partition coefficient (Wildman–Crippen LogP) is 3.15. The van der Waals surface area contributed by atoms with Gasteiger partial charge in [0.25, 0.3) is 0 Å². The minimum Gasteiger partial charge on any atom is -0.493 e. The minimum atomic E-state index is 0.335. The highest BCUT2D eigenvalue weighted by Gasteiger charge is 2.36. The summed E-state index contributed by atoms with van der Waals surface area (Å²) in [6.07, 6.45) is 2.69. The van der Waals surface area contributed by atoms with Gasteiger partial charge >= 0.3 is 0 Å². The number of hydrogen-bond acceptors (Lipinski definition) is 3. The zero-order chi connectivity index (χ0) is 13.2. The molecule has 1 unspecified atom stereocenters. The van der Waals surface area contributed by atoms with Crippen LogP contribution in [0.2, 0.25) is 0 Å². The monoisotopic (exact) mass is 249 g/mol. The molecule has 1 aromatic carbocycles. The lowest BCUT2D eigenvalue weighted by Gasteiger charge is -2.18. The van der Waals surface area contributed by atoms with E-state index >= 15 is 0 Å². The van der Waals surface area contributed by atoms with Crippen LogP contribution in [0.15, 0.2) is 18.2 Å². The highest BCUT2D eigenvalue weighted by molar-refractivity contribution is 5.43. The molecule has 0 aliphatic heterocycles. The fraction of sp³-hybridized carbons (Fsp3) is 0.600. The van der Waals surface area contributed by atoms with Crippen molar-refractivity contribution in [1.82, 2.24) is 5.32 Å². The van der Waals surface area contributed by atoms with E-state index in [-0.39, 0.29) is 0 Å². The molecular weight excluding hydrogens is 226 g/mol. The molecule has 0 saturated heterocycles. The van der Waals surface area contributed by atoms with Crippen molar-refractivity contribution in [2.45, 2.75) is 32.7 Å². The summed E-state index contributed by atoms with van der Waals surface area (Å²) in [6, 6.07) is 6.44. The van der Waals surface area contributed by atoms with Crippen molar-refractivity contribution in [3.63, 3.8) is 0 Å². The third kappa shape index (κ3) is 2.96. The number of ether oxygens (including phenoxy) is 2. The van der Waals surface area contributed by atoms with Crippen LogP contribution in [0.5, 0.6) is 11.5 Å². The van der Waals surface area contributed by atoms with Crippen molar-refractivity contribution in [3.8, 4) is 11.5 Å². The first-order chi connectivity index (χ1) is 8.58. The summed E-state index contributed by atoms with van der Waals surface area (Å²) in [5, 5.41) is 3.59. The van der Waals surface area contributed by atoms with Crippen LogP contribution < -0.4 is 14.8 Å². The largest absolute Gasteiger partial charge is 0.493 e. The smallest absolute Gasteiger partial charge is 0.161 e. The first-order valence-corrected chi connectivity index (χ1v) is 6.53. The molecule has 1 aliphatic rings. The molecule has 18 heavy (non-hydrogen) atoms. The normalized spacial score (nSPS) is 18.2.